The molecule has 0 radical (unpaired) electrons. The molecule has 1 heterocycles. The van der Waals surface area contributed by atoms with Gasteiger partial charge in [0.2, 0.25) is 0 Å². The molecular weight excluding hydrogens is 434 g/mol. The minimum Gasteiger partial charge on any atom is -0.493 e. The lowest BCUT2D eigenvalue weighted by Gasteiger charge is -2.14. The number of carbonyl (C=O) groups is 2. The van der Waals surface area contributed by atoms with Gasteiger partial charge in [-0.15, -0.1) is 0 Å². The summed E-state index contributed by atoms with van der Waals surface area (Å²) in [5.74, 6) is 0.151. The lowest BCUT2D eigenvalue weighted by atomic mass is 10.1. The van der Waals surface area contributed by atoms with Crippen LogP contribution in [-0.2, 0) is 16.0 Å². The van der Waals surface area contributed by atoms with Gasteiger partial charge in [0, 0.05) is 0 Å². The van der Waals surface area contributed by atoms with E-state index in [1.54, 1.807) is 37.5 Å². The number of ether oxygens (including phenoxy) is 2. The average molecular weight is 458 g/mol. The lowest BCUT2D eigenvalue weighted by molar-refractivity contribution is -0.136. The number of carboxylic acids is 1. The number of thiocarbonyl (C=S) groups is 1. The average Bonchev–Trinajstić information content (AvgIpc) is 3.02. The summed E-state index contributed by atoms with van der Waals surface area (Å²) >= 11 is 6.64. The van der Waals surface area contributed by atoms with Gasteiger partial charge in [-0.05, 0) is 47.9 Å². The molecule has 2 aromatic carbocycles. The van der Waals surface area contributed by atoms with E-state index in [-0.39, 0.29) is 12.3 Å². The van der Waals surface area contributed by atoms with Crippen molar-refractivity contribution in [3.8, 4) is 11.5 Å². The summed E-state index contributed by atoms with van der Waals surface area (Å²) in [5, 5.41) is 8.90. The molecule has 8 heteroatoms. The van der Waals surface area contributed by atoms with Crippen molar-refractivity contribution in [3.05, 3.63) is 58.5 Å². The van der Waals surface area contributed by atoms with Crippen molar-refractivity contribution in [2.24, 2.45) is 0 Å². The minimum absolute atomic E-state index is 0.0709. The Morgan fingerprint density at radius 2 is 1.94 bits per heavy atom. The van der Waals surface area contributed by atoms with Gasteiger partial charge in [0.05, 0.1) is 30.7 Å². The number of hydrogen-bond acceptors (Lipinski definition) is 6. The third-order valence-corrected chi connectivity index (χ3v) is 5.89. The second kappa shape index (κ2) is 10.5. The number of aliphatic carboxylic acids is 1. The molecule has 0 spiro atoms. The van der Waals surface area contributed by atoms with E-state index < -0.39 is 5.97 Å². The molecule has 3 rings (SSSR count). The smallest absolute Gasteiger partial charge is 0.307 e. The van der Waals surface area contributed by atoms with Crippen LogP contribution < -0.4 is 14.4 Å². The van der Waals surface area contributed by atoms with E-state index in [2.05, 4.69) is 6.92 Å². The summed E-state index contributed by atoms with van der Waals surface area (Å²) in [4.78, 5) is 25.8. The van der Waals surface area contributed by atoms with Crippen molar-refractivity contribution in [2.75, 3.05) is 18.6 Å². The van der Waals surface area contributed by atoms with Gasteiger partial charge >= 0.3 is 5.97 Å². The van der Waals surface area contributed by atoms with Gasteiger partial charge in [0.1, 0.15) is 0 Å². The highest BCUT2D eigenvalue weighted by molar-refractivity contribution is 8.27. The van der Waals surface area contributed by atoms with Crippen LogP contribution in [0.4, 0.5) is 5.69 Å². The Labute approximate surface area is 190 Å². The molecular formula is C23H23NO5S2. The molecule has 0 bridgehead atoms. The summed E-state index contributed by atoms with van der Waals surface area (Å²) in [5.41, 5.74) is 2.07. The molecule has 1 N–H and O–H groups in total. The molecule has 0 aliphatic carbocycles. The van der Waals surface area contributed by atoms with Crippen LogP contribution in [-0.4, -0.2) is 35.0 Å². The monoisotopic (exact) mass is 457 g/mol. The van der Waals surface area contributed by atoms with Gasteiger partial charge in [-0.25, -0.2) is 0 Å². The number of nitrogens with zero attached hydrogens (tertiary/aromatic N) is 1. The zero-order chi connectivity index (χ0) is 22.4. The largest absolute Gasteiger partial charge is 0.493 e. The maximum absolute atomic E-state index is 13.0. The molecule has 0 saturated carbocycles. The van der Waals surface area contributed by atoms with Crippen LogP contribution in [0, 0.1) is 0 Å². The quantitative estimate of drug-likeness (QED) is 0.326. The van der Waals surface area contributed by atoms with Crippen molar-refractivity contribution >= 4 is 51.9 Å². The number of carbonyl (C=O) groups excluding carboxylic acids is 1. The predicted molar refractivity (Wildman–Crippen MR) is 127 cm³/mol. The van der Waals surface area contributed by atoms with E-state index in [4.69, 9.17) is 26.8 Å². The molecule has 31 heavy (non-hydrogen) atoms. The first-order valence-corrected chi connectivity index (χ1v) is 11.0. The van der Waals surface area contributed by atoms with E-state index in [0.29, 0.717) is 38.6 Å². The van der Waals surface area contributed by atoms with Gasteiger partial charge < -0.3 is 14.6 Å². The molecule has 2 aromatic rings. The van der Waals surface area contributed by atoms with Crippen LogP contribution in [0.1, 0.15) is 30.9 Å². The Morgan fingerprint density at radius 3 is 2.58 bits per heavy atom. The Kier molecular flexibility index (Phi) is 7.70. The molecule has 1 saturated heterocycles. The Bertz CT molecular complexity index is 1020. The standard InChI is InChI=1S/C23H23NO5S2/c1-3-4-11-29-18-10-7-16(12-19(18)28-2)13-20-22(27)24(23(30)31-20)17-8-5-15(6-9-17)14-21(25)26/h5-10,12-13H,3-4,11,14H2,1-2H3,(H,25,26)/b20-13-. The summed E-state index contributed by atoms with van der Waals surface area (Å²) in [6.07, 6.45) is 3.71. The number of thioether (sulfide) groups is 1. The second-order valence-corrected chi connectivity index (χ2v) is 8.54. The molecule has 1 aliphatic rings. The molecule has 0 atom stereocenters. The van der Waals surface area contributed by atoms with Crippen LogP contribution in [0.5, 0.6) is 11.5 Å². The van der Waals surface area contributed by atoms with Gasteiger partial charge in [-0.2, -0.15) is 0 Å². The van der Waals surface area contributed by atoms with E-state index in [9.17, 15) is 9.59 Å². The highest BCUT2D eigenvalue weighted by atomic mass is 32.2. The van der Waals surface area contributed by atoms with E-state index in [1.165, 1.54) is 16.7 Å². The Balaban J connectivity index is 1.79. The van der Waals surface area contributed by atoms with Crippen molar-refractivity contribution in [1.82, 2.24) is 0 Å². The molecule has 1 fully saturated rings. The normalized spacial score (nSPS) is 14.9. The zero-order valence-electron chi connectivity index (χ0n) is 17.3. The fourth-order valence-electron chi connectivity index (χ4n) is 3.00. The maximum atomic E-state index is 13.0. The van der Waals surface area contributed by atoms with Crippen LogP contribution in [0.25, 0.3) is 6.08 Å². The molecule has 1 amide bonds. The number of hydrogen-bond donors (Lipinski definition) is 1. The van der Waals surface area contributed by atoms with Crippen LogP contribution >= 0.6 is 24.0 Å². The fourth-order valence-corrected chi connectivity index (χ4v) is 4.30. The molecule has 162 valence electrons. The summed E-state index contributed by atoms with van der Waals surface area (Å²) in [6.45, 7) is 2.72. The zero-order valence-corrected chi connectivity index (χ0v) is 18.9. The first kappa shape index (κ1) is 22.8. The molecule has 0 unspecified atom stereocenters. The van der Waals surface area contributed by atoms with E-state index >= 15 is 0 Å². The van der Waals surface area contributed by atoms with Gasteiger partial charge in [-0.1, -0.05) is 55.5 Å². The Morgan fingerprint density at radius 1 is 1.19 bits per heavy atom. The number of anilines is 1. The second-order valence-electron chi connectivity index (χ2n) is 6.87. The van der Waals surface area contributed by atoms with E-state index in [1.807, 2.05) is 18.2 Å². The van der Waals surface area contributed by atoms with Crippen molar-refractivity contribution in [2.45, 2.75) is 26.2 Å². The van der Waals surface area contributed by atoms with Crippen molar-refractivity contribution in [3.63, 3.8) is 0 Å². The maximum Gasteiger partial charge on any atom is 0.307 e. The summed E-state index contributed by atoms with van der Waals surface area (Å²) < 4.78 is 11.6. The number of methoxy groups -OCH3 is 1. The van der Waals surface area contributed by atoms with Crippen LogP contribution in [0.2, 0.25) is 0 Å². The number of amides is 1. The molecule has 0 aromatic heterocycles. The molecule has 6 nitrogen and oxygen atoms in total. The van der Waals surface area contributed by atoms with Gasteiger partial charge in [0.25, 0.3) is 5.91 Å². The lowest BCUT2D eigenvalue weighted by Crippen LogP contribution is -2.27. The van der Waals surface area contributed by atoms with Crippen LogP contribution in [0.3, 0.4) is 0 Å². The Hall–Kier alpha value is -2.84. The van der Waals surface area contributed by atoms with E-state index in [0.717, 1.165) is 18.4 Å². The number of carboxylic acid groups (broad SMARTS) is 1. The molecule has 1 aliphatic heterocycles. The third-order valence-electron chi connectivity index (χ3n) is 4.58. The summed E-state index contributed by atoms with van der Waals surface area (Å²) in [7, 11) is 1.58. The minimum atomic E-state index is -0.904. The fraction of sp³-hybridized carbons (Fsp3) is 0.261. The predicted octanol–water partition coefficient (Wildman–Crippen LogP) is 4.91. The van der Waals surface area contributed by atoms with Crippen molar-refractivity contribution < 1.29 is 24.2 Å². The summed E-state index contributed by atoms with van der Waals surface area (Å²) in [6, 6.07) is 12.3. The van der Waals surface area contributed by atoms with Gasteiger partial charge in [0.15, 0.2) is 15.8 Å². The SMILES string of the molecule is CCCCOc1ccc(/C=C2\SC(=S)N(c3ccc(CC(=O)O)cc3)C2=O)cc1OC. The van der Waals surface area contributed by atoms with Gasteiger partial charge in [-0.3, -0.25) is 14.5 Å². The van der Waals surface area contributed by atoms with Crippen LogP contribution in [0.15, 0.2) is 47.4 Å². The number of benzene rings is 2. The number of rotatable bonds is 9. The third kappa shape index (κ3) is 5.65. The number of unbranched alkanes of at least 4 members (excludes halogenated alkanes) is 1. The highest BCUT2D eigenvalue weighted by Crippen LogP contribution is 2.37. The highest BCUT2D eigenvalue weighted by Gasteiger charge is 2.33. The first-order chi connectivity index (χ1) is 14.9. The topological polar surface area (TPSA) is 76.1 Å². The van der Waals surface area contributed by atoms with Crippen molar-refractivity contribution in [1.29, 1.82) is 0 Å². The first-order valence-electron chi connectivity index (χ1n) is 9.82.